The van der Waals surface area contributed by atoms with Crippen LogP contribution < -0.4 is 10.6 Å². The Hall–Kier alpha value is -2.81. The normalized spacial score (nSPS) is 11.7. The van der Waals surface area contributed by atoms with Crippen molar-refractivity contribution in [3.63, 3.8) is 0 Å². The number of nitrogens with one attached hydrogen (secondary N) is 2. The van der Waals surface area contributed by atoms with Crippen molar-refractivity contribution in [3.05, 3.63) is 52.2 Å². The monoisotopic (exact) mass is 396 g/mol. The van der Waals surface area contributed by atoms with Crippen LogP contribution >= 0.6 is 11.3 Å². The molecule has 9 heteroatoms. The van der Waals surface area contributed by atoms with E-state index in [9.17, 15) is 23.2 Å². The molecule has 27 heavy (non-hydrogen) atoms. The quantitative estimate of drug-likeness (QED) is 0.705. The van der Waals surface area contributed by atoms with E-state index >= 15 is 0 Å². The number of hydrogen-bond donors (Lipinski definition) is 2. The van der Waals surface area contributed by atoms with Gasteiger partial charge in [-0.2, -0.15) is 0 Å². The van der Waals surface area contributed by atoms with E-state index in [1.54, 1.807) is 31.4 Å². The summed E-state index contributed by atoms with van der Waals surface area (Å²) in [5.74, 6) is -4.32. The van der Waals surface area contributed by atoms with Crippen molar-refractivity contribution in [3.8, 4) is 0 Å². The molecule has 0 bridgehead atoms. The lowest BCUT2D eigenvalue weighted by molar-refractivity contribution is -0.150. The molecule has 2 N–H and O–H groups in total. The van der Waals surface area contributed by atoms with Gasteiger partial charge in [-0.25, -0.2) is 13.6 Å². The number of ether oxygens (including phenoxy) is 1. The molecule has 0 aliphatic rings. The lowest BCUT2D eigenvalue weighted by Gasteiger charge is -2.20. The molecule has 2 aromatic rings. The number of hydrogen-bond acceptors (Lipinski definition) is 5. The summed E-state index contributed by atoms with van der Waals surface area (Å²) in [7, 11) is 0. The molecule has 0 aliphatic carbocycles. The SMILES string of the molecule is CC(C)[C@@H](NC(=O)c1cccs1)C(=O)OCC(=O)Nc1ccc(F)c(F)c1. The highest BCUT2D eigenvalue weighted by Gasteiger charge is 2.27. The Balaban J connectivity index is 1.89. The molecule has 1 aromatic heterocycles. The minimum absolute atomic E-state index is 0.0290. The van der Waals surface area contributed by atoms with Crippen molar-refractivity contribution < 1.29 is 27.9 Å². The second-order valence-corrected chi connectivity index (χ2v) is 6.90. The summed E-state index contributed by atoms with van der Waals surface area (Å²) < 4.78 is 30.9. The highest BCUT2D eigenvalue weighted by molar-refractivity contribution is 7.12. The predicted octanol–water partition coefficient (Wildman–Crippen LogP) is 2.96. The van der Waals surface area contributed by atoms with Gasteiger partial charge in [-0.15, -0.1) is 11.3 Å². The number of carbonyl (C=O) groups excluding carboxylic acids is 3. The third kappa shape index (κ3) is 5.85. The van der Waals surface area contributed by atoms with Crippen LogP contribution in [0.3, 0.4) is 0 Å². The van der Waals surface area contributed by atoms with E-state index in [1.807, 2.05) is 0 Å². The minimum Gasteiger partial charge on any atom is -0.454 e. The van der Waals surface area contributed by atoms with E-state index in [4.69, 9.17) is 4.74 Å². The van der Waals surface area contributed by atoms with Crippen LogP contribution in [0.2, 0.25) is 0 Å². The predicted molar refractivity (Wildman–Crippen MR) is 96.4 cm³/mol. The zero-order chi connectivity index (χ0) is 20.0. The number of carbonyl (C=O) groups is 3. The van der Waals surface area contributed by atoms with Crippen molar-refractivity contribution in [2.45, 2.75) is 19.9 Å². The van der Waals surface area contributed by atoms with Gasteiger partial charge in [0.25, 0.3) is 11.8 Å². The molecule has 2 amide bonds. The Kier molecular flexibility index (Phi) is 7.00. The Morgan fingerprint density at radius 2 is 1.89 bits per heavy atom. The molecule has 1 atom stereocenters. The fourth-order valence-electron chi connectivity index (χ4n) is 2.12. The summed E-state index contributed by atoms with van der Waals surface area (Å²) in [6.45, 7) is 2.82. The van der Waals surface area contributed by atoms with Gasteiger partial charge in [-0.1, -0.05) is 19.9 Å². The first-order valence-corrected chi connectivity index (χ1v) is 8.91. The van der Waals surface area contributed by atoms with Gasteiger partial charge in [0.2, 0.25) is 0 Å². The first-order valence-electron chi connectivity index (χ1n) is 8.04. The van der Waals surface area contributed by atoms with Gasteiger partial charge in [0, 0.05) is 11.8 Å². The van der Waals surface area contributed by atoms with Gasteiger partial charge in [0.1, 0.15) is 6.04 Å². The maximum absolute atomic E-state index is 13.1. The highest BCUT2D eigenvalue weighted by Crippen LogP contribution is 2.13. The van der Waals surface area contributed by atoms with Gasteiger partial charge in [-0.05, 0) is 29.5 Å². The number of halogens is 2. The molecule has 6 nitrogen and oxygen atoms in total. The van der Waals surface area contributed by atoms with Crippen LogP contribution in [0.4, 0.5) is 14.5 Å². The molecule has 1 aromatic carbocycles. The van der Waals surface area contributed by atoms with Gasteiger partial charge in [0.15, 0.2) is 18.2 Å². The fourth-order valence-corrected chi connectivity index (χ4v) is 2.74. The van der Waals surface area contributed by atoms with E-state index in [0.29, 0.717) is 4.88 Å². The summed E-state index contributed by atoms with van der Waals surface area (Å²) in [5.41, 5.74) is 0.0290. The molecule has 0 unspecified atom stereocenters. The summed E-state index contributed by atoms with van der Waals surface area (Å²) >= 11 is 1.23. The largest absolute Gasteiger partial charge is 0.454 e. The van der Waals surface area contributed by atoms with Gasteiger partial charge in [0.05, 0.1) is 4.88 Å². The van der Waals surface area contributed by atoms with E-state index in [0.717, 1.165) is 12.1 Å². The second kappa shape index (κ2) is 9.22. The van der Waals surface area contributed by atoms with Crippen LogP contribution in [-0.2, 0) is 14.3 Å². The van der Waals surface area contributed by atoms with E-state index in [2.05, 4.69) is 10.6 Å². The van der Waals surface area contributed by atoms with Crippen molar-refractivity contribution in [2.75, 3.05) is 11.9 Å². The first-order chi connectivity index (χ1) is 12.8. The van der Waals surface area contributed by atoms with Gasteiger partial charge >= 0.3 is 5.97 Å². The summed E-state index contributed by atoms with van der Waals surface area (Å²) in [6, 6.07) is 5.26. The number of amides is 2. The second-order valence-electron chi connectivity index (χ2n) is 5.96. The number of rotatable bonds is 7. The van der Waals surface area contributed by atoms with Crippen LogP contribution in [0, 0.1) is 17.6 Å². The van der Waals surface area contributed by atoms with Crippen molar-refractivity contribution in [1.82, 2.24) is 5.32 Å². The lowest BCUT2D eigenvalue weighted by Crippen LogP contribution is -2.45. The fraction of sp³-hybridized carbons (Fsp3) is 0.278. The standard InChI is InChI=1S/C18H18F2N2O4S/c1-10(2)16(22-17(24)14-4-3-7-27-14)18(25)26-9-15(23)21-11-5-6-12(19)13(20)8-11/h3-8,10,16H,9H2,1-2H3,(H,21,23)(H,22,24)/t16-/m1/s1. The van der Waals surface area contributed by atoms with E-state index < -0.39 is 42.1 Å². The molecule has 144 valence electrons. The molecule has 0 saturated heterocycles. The lowest BCUT2D eigenvalue weighted by atomic mass is 10.0. The van der Waals surface area contributed by atoms with Crippen LogP contribution in [0.5, 0.6) is 0 Å². The molecule has 0 spiro atoms. The van der Waals surface area contributed by atoms with E-state index in [-0.39, 0.29) is 11.6 Å². The van der Waals surface area contributed by atoms with Gasteiger partial charge in [-0.3, -0.25) is 9.59 Å². The van der Waals surface area contributed by atoms with Crippen LogP contribution in [0.15, 0.2) is 35.7 Å². The number of esters is 1. The Labute approximate surface area is 158 Å². The minimum atomic E-state index is -1.11. The molecule has 0 radical (unpaired) electrons. The van der Waals surface area contributed by atoms with Gasteiger partial charge < -0.3 is 15.4 Å². The zero-order valence-electron chi connectivity index (χ0n) is 14.6. The van der Waals surface area contributed by atoms with Crippen molar-refractivity contribution in [1.29, 1.82) is 0 Å². The molecule has 0 aliphatic heterocycles. The van der Waals surface area contributed by atoms with Crippen molar-refractivity contribution >= 4 is 34.8 Å². The summed E-state index contributed by atoms with van der Waals surface area (Å²) in [5, 5.41) is 6.60. The van der Waals surface area contributed by atoms with Crippen LogP contribution in [0.1, 0.15) is 23.5 Å². The molecular weight excluding hydrogens is 378 g/mol. The number of anilines is 1. The number of benzene rings is 1. The van der Waals surface area contributed by atoms with E-state index in [1.165, 1.54) is 17.4 Å². The first kappa shape index (κ1) is 20.5. The Bertz CT molecular complexity index is 825. The third-order valence-electron chi connectivity index (χ3n) is 3.50. The smallest absolute Gasteiger partial charge is 0.329 e. The molecular formula is C18H18F2N2O4S. The summed E-state index contributed by atoms with van der Waals surface area (Å²) in [4.78, 5) is 36.6. The molecule has 0 saturated carbocycles. The number of thiophene rings is 1. The topological polar surface area (TPSA) is 84.5 Å². The highest BCUT2D eigenvalue weighted by atomic mass is 32.1. The maximum Gasteiger partial charge on any atom is 0.329 e. The average Bonchev–Trinajstić information content (AvgIpc) is 3.15. The summed E-state index contributed by atoms with van der Waals surface area (Å²) in [6.07, 6.45) is 0. The average molecular weight is 396 g/mol. The Morgan fingerprint density at radius 1 is 1.15 bits per heavy atom. The van der Waals surface area contributed by atoms with Crippen molar-refractivity contribution in [2.24, 2.45) is 5.92 Å². The molecule has 0 fully saturated rings. The molecule has 1 heterocycles. The Morgan fingerprint density at radius 3 is 2.48 bits per heavy atom. The third-order valence-corrected chi connectivity index (χ3v) is 4.37. The van der Waals surface area contributed by atoms with Crippen LogP contribution in [-0.4, -0.2) is 30.4 Å². The zero-order valence-corrected chi connectivity index (χ0v) is 15.4. The molecule has 2 rings (SSSR count). The maximum atomic E-state index is 13.1. The van der Waals surface area contributed by atoms with Crippen LogP contribution in [0.25, 0.3) is 0 Å².